The third-order valence-corrected chi connectivity index (χ3v) is 4.96. The first-order valence-corrected chi connectivity index (χ1v) is 8.84. The molecule has 110 valence electrons. The lowest BCUT2D eigenvalue weighted by Gasteiger charge is -2.33. The molecule has 0 aromatic rings. The molecule has 1 saturated carbocycles. The highest BCUT2D eigenvalue weighted by Crippen LogP contribution is 2.31. The van der Waals surface area contributed by atoms with Crippen molar-refractivity contribution in [2.24, 2.45) is 5.92 Å². The molecular formula is C18H33N. The Bertz CT molecular complexity index is 261. The predicted molar refractivity (Wildman–Crippen MR) is 84.4 cm³/mol. The summed E-state index contributed by atoms with van der Waals surface area (Å²) in [5, 5.41) is 3.89. The van der Waals surface area contributed by atoms with Crippen molar-refractivity contribution in [3.05, 3.63) is 11.6 Å². The van der Waals surface area contributed by atoms with Crippen LogP contribution in [0.3, 0.4) is 0 Å². The van der Waals surface area contributed by atoms with Crippen LogP contribution in [0.15, 0.2) is 11.6 Å². The Labute approximate surface area is 120 Å². The second-order valence-corrected chi connectivity index (χ2v) is 6.56. The van der Waals surface area contributed by atoms with Crippen LogP contribution in [0.5, 0.6) is 0 Å². The van der Waals surface area contributed by atoms with Crippen molar-refractivity contribution in [1.29, 1.82) is 0 Å². The van der Waals surface area contributed by atoms with Gasteiger partial charge in [-0.3, -0.25) is 0 Å². The van der Waals surface area contributed by atoms with E-state index in [0.717, 1.165) is 5.92 Å². The molecule has 2 aliphatic carbocycles. The fraction of sp³-hybridized carbons (Fsp3) is 0.889. The van der Waals surface area contributed by atoms with E-state index in [2.05, 4.69) is 18.3 Å². The molecule has 0 aromatic heterocycles. The minimum absolute atomic E-state index is 0.707. The predicted octanol–water partition coefficient (Wildman–Crippen LogP) is 5.22. The van der Waals surface area contributed by atoms with Crippen LogP contribution in [0, 0.1) is 5.92 Å². The molecule has 0 radical (unpaired) electrons. The van der Waals surface area contributed by atoms with Gasteiger partial charge in [0.2, 0.25) is 0 Å². The Balaban J connectivity index is 1.99. The number of nitrogens with one attached hydrogen (secondary N) is 1. The first-order valence-electron chi connectivity index (χ1n) is 8.84. The van der Waals surface area contributed by atoms with E-state index in [1.54, 1.807) is 5.57 Å². The Morgan fingerprint density at radius 1 is 1.05 bits per heavy atom. The highest BCUT2D eigenvalue weighted by molar-refractivity contribution is 5.15. The van der Waals surface area contributed by atoms with Crippen molar-refractivity contribution in [1.82, 2.24) is 5.32 Å². The molecule has 0 heterocycles. The van der Waals surface area contributed by atoms with Gasteiger partial charge in [0.25, 0.3) is 0 Å². The molecule has 1 N–H and O–H groups in total. The zero-order valence-electron chi connectivity index (χ0n) is 12.9. The summed E-state index contributed by atoms with van der Waals surface area (Å²) in [5.41, 5.74) is 1.75. The largest absolute Gasteiger partial charge is 0.310 e. The van der Waals surface area contributed by atoms with Gasteiger partial charge in [0.1, 0.15) is 0 Å². The van der Waals surface area contributed by atoms with Gasteiger partial charge < -0.3 is 5.32 Å². The molecule has 0 saturated heterocycles. The van der Waals surface area contributed by atoms with E-state index in [1.165, 1.54) is 83.6 Å². The Morgan fingerprint density at radius 2 is 1.79 bits per heavy atom. The van der Waals surface area contributed by atoms with E-state index >= 15 is 0 Å². The van der Waals surface area contributed by atoms with Crippen molar-refractivity contribution in [2.45, 2.75) is 90.0 Å². The molecule has 2 rings (SSSR count). The number of hydrogen-bond donors (Lipinski definition) is 1. The third-order valence-electron chi connectivity index (χ3n) is 4.96. The topological polar surface area (TPSA) is 12.0 Å². The average molecular weight is 263 g/mol. The zero-order valence-corrected chi connectivity index (χ0v) is 12.9. The Hall–Kier alpha value is -0.300. The van der Waals surface area contributed by atoms with E-state index in [4.69, 9.17) is 0 Å². The maximum Gasteiger partial charge on any atom is 0.0307 e. The first kappa shape index (κ1) is 15.1. The Kier molecular flexibility index (Phi) is 6.98. The van der Waals surface area contributed by atoms with Crippen molar-refractivity contribution < 1.29 is 0 Å². The summed E-state index contributed by atoms with van der Waals surface area (Å²) >= 11 is 0. The minimum Gasteiger partial charge on any atom is -0.310 e. The molecule has 0 aromatic carbocycles. The van der Waals surface area contributed by atoms with Gasteiger partial charge in [-0.1, -0.05) is 50.7 Å². The second-order valence-electron chi connectivity index (χ2n) is 6.56. The summed E-state index contributed by atoms with van der Waals surface area (Å²) in [6.45, 7) is 3.48. The van der Waals surface area contributed by atoms with Crippen molar-refractivity contribution in [2.75, 3.05) is 6.54 Å². The molecule has 0 bridgehead atoms. The molecule has 0 amide bonds. The van der Waals surface area contributed by atoms with Crippen LogP contribution in [-0.4, -0.2) is 12.6 Å². The SMILES string of the molecule is CCCNC(C1=CCCCC1)C1CCCCCCC1. The number of allylic oxidation sites excluding steroid dienone is 1. The highest BCUT2D eigenvalue weighted by atomic mass is 14.9. The van der Waals surface area contributed by atoms with Crippen molar-refractivity contribution >= 4 is 0 Å². The molecule has 19 heavy (non-hydrogen) atoms. The van der Waals surface area contributed by atoms with Gasteiger partial charge >= 0.3 is 0 Å². The normalized spacial score (nSPS) is 24.4. The van der Waals surface area contributed by atoms with Crippen LogP contribution < -0.4 is 5.32 Å². The summed E-state index contributed by atoms with van der Waals surface area (Å²) in [7, 11) is 0. The zero-order chi connectivity index (χ0) is 13.3. The van der Waals surface area contributed by atoms with E-state index in [-0.39, 0.29) is 0 Å². The third kappa shape index (κ3) is 4.95. The molecule has 1 fully saturated rings. The van der Waals surface area contributed by atoms with Gasteiger partial charge in [-0.2, -0.15) is 0 Å². The molecule has 1 unspecified atom stereocenters. The molecule has 0 aliphatic heterocycles. The molecular weight excluding hydrogens is 230 g/mol. The van der Waals surface area contributed by atoms with Crippen LogP contribution in [-0.2, 0) is 0 Å². The van der Waals surface area contributed by atoms with Crippen LogP contribution in [0.1, 0.15) is 84.0 Å². The van der Waals surface area contributed by atoms with Gasteiger partial charge in [0, 0.05) is 6.04 Å². The smallest absolute Gasteiger partial charge is 0.0307 e. The summed E-state index contributed by atoms with van der Waals surface area (Å²) < 4.78 is 0. The molecule has 1 atom stereocenters. The fourth-order valence-corrected chi connectivity index (χ4v) is 3.87. The van der Waals surface area contributed by atoms with E-state index in [9.17, 15) is 0 Å². The van der Waals surface area contributed by atoms with Crippen LogP contribution >= 0.6 is 0 Å². The fourth-order valence-electron chi connectivity index (χ4n) is 3.87. The number of rotatable bonds is 5. The van der Waals surface area contributed by atoms with Crippen LogP contribution in [0.4, 0.5) is 0 Å². The molecule has 0 spiro atoms. The summed E-state index contributed by atoms with van der Waals surface area (Å²) in [4.78, 5) is 0. The first-order chi connectivity index (χ1) is 9.42. The maximum absolute atomic E-state index is 3.89. The second kappa shape index (κ2) is 8.79. The highest BCUT2D eigenvalue weighted by Gasteiger charge is 2.25. The average Bonchev–Trinajstić information content (AvgIpc) is 2.42. The summed E-state index contributed by atoms with van der Waals surface area (Å²) in [6.07, 6.45) is 19.6. The minimum atomic E-state index is 0.707. The van der Waals surface area contributed by atoms with Crippen molar-refractivity contribution in [3.8, 4) is 0 Å². The molecule has 2 aliphatic rings. The quantitative estimate of drug-likeness (QED) is 0.671. The monoisotopic (exact) mass is 263 g/mol. The maximum atomic E-state index is 3.89. The summed E-state index contributed by atoms with van der Waals surface area (Å²) in [6, 6.07) is 0.707. The van der Waals surface area contributed by atoms with Crippen LogP contribution in [0.25, 0.3) is 0 Å². The van der Waals surface area contributed by atoms with E-state index in [1.807, 2.05) is 0 Å². The lowest BCUT2D eigenvalue weighted by atomic mass is 9.80. The van der Waals surface area contributed by atoms with Gasteiger partial charge in [0.15, 0.2) is 0 Å². The lowest BCUT2D eigenvalue weighted by Crippen LogP contribution is -2.39. The van der Waals surface area contributed by atoms with Gasteiger partial charge in [-0.25, -0.2) is 0 Å². The Morgan fingerprint density at radius 3 is 2.42 bits per heavy atom. The van der Waals surface area contributed by atoms with Crippen LogP contribution in [0.2, 0.25) is 0 Å². The van der Waals surface area contributed by atoms with E-state index in [0.29, 0.717) is 6.04 Å². The number of hydrogen-bond acceptors (Lipinski definition) is 1. The standard InChI is InChI=1S/C18H33N/c1-2-15-19-18(17-13-9-6-10-14-17)16-11-7-4-3-5-8-12-16/h13,16,18-19H,2-12,14-15H2,1H3. The molecule has 1 nitrogen and oxygen atoms in total. The van der Waals surface area contributed by atoms with Gasteiger partial charge in [-0.05, 0) is 57.4 Å². The van der Waals surface area contributed by atoms with Gasteiger partial charge in [-0.15, -0.1) is 0 Å². The lowest BCUT2D eigenvalue weighted by molar-refractivity contribution is 0.303. The van der Waals surface area contributed by atoms with Gasteiger partial charge in [0.05, 0.1) is 0 Å². The van der Waals surface area contributed by atoms with E-state index < -0.39 is 0 Å². The van der Waals surface area contributed by atoms with Crippen molar-refractivity contribution in [3.63, 3.8) is 0 Å². The molecule has 1 heteroatoms. The summed E-state index contributed by atoms with van der Waals surface area (Å²) in [5.74, 6) is 0.913.